The van der Waals surface area contributed by atoms with Gasteiger partial charge in [-0.05, 0) is 37.5 Å². The van der Waals surface area contributed by atoms with Crippen molar-refractivity contribution in [3.63, 3.8) is 0 Å². The van der Waals surface area contributed by atoms with Gasteiger partial charge in [-0.15, -0.1) is 0 Å². The predicted molar refractivity (Wildman–Crippen MR) is 71.7 cm³/mol. The lowest BCUT2D eigenvalue weighted by Crippen LogP contribution is -2.13. The molecule has 102 valence electrons. The van der Waals surface area contributed by atoms with Crippen molar-refractivity contribution in [2.24, 2.45) is 5.14 Å². The Bertz CT molecular complexity index is 488. The van der Waals surface area contributed by atoms with E-state index in [1.807, 2.05) is 0 Å². The maximum absolute atomic E-state index is 11.2. The molecule has 0 radical (unpaired) electrons. The van der Waals surface area contributed by atoms with Crippen LogP contribution in [0.5, 0.6) is 0 Å². The highest BCUT2D eigenvalue weighted by atomic mass is 32.2. The molecule has 0 heterocycles. The van der Waals surface area contributed by atoms with Crippen molar-refractivity contribution in [3.8, 4) is 0 Å². The van der Waals surface area contributed by atoms with Gasteiger partial charge < -0.3 is 16.2 Å². The highest BCUT2D eigenvalue weighted by Gasteiger charge is 2.09. The maximum Gasteiger partial charge on any atom is 0.238 e. The molecule has 0 aliphatic heterocycles. The third-order valence-electron chi connectivity index (χ3n) is 2.42. The highest BCUT2D eigenvalue weighted by Crippen LogP contribution is 2.19. The Balaban J connectivity index is 2.64. The molecule has 0 amide bonds. The molecule has 0 aromatic heterocycles. The van der Waals surface area contributed by atoms with Gasteiger partial charge in [-0.25, -0.2) is 13.6 Å². The Hall–Kier alpha value is -1.31. The molecule has 0 atom stereocenters. The number of aliphatic hydroxyl groups is 1. The van der Waals surface area contributed by atoms with E-state index < -0.39 is 10.0 Å². The van der Waals surface area contributed by atoms with Crippen LogP contribution in [0, 0.1) is 0 Å². The molecule has 0 unspecified atom stereocenters. The molecule has 0 saturated heterocycles. The van der Waals surface area contributed by atoms with Crippen molar-refractivity contribution in [2.45, 2.75) is 24.2 Å². The van der Waals surface area contributed by atoms with E-state index in [1.54, 1.807) is 6.07 Å². The van der Waals surface area contributed by atoms with Gasteiger partial charge in [0.1, 0.15) is 0 Å². The molecule has 6 nitrogen and oxygen atoms in total. The third-order valence-corrected chi connectivity index (χ3v) is 3.31. The molecular formula is C11H19N3O3S. The SMILES string of the molecule is Nc1cc(NCCCCCO)cc(S(N)(=O)=O)c1. The van der Waals surface area contributed by atoms with E-state index in [1.165, 1.54) is 12.1 Å². The largest absolute Gasteiger partial charge is 0.399 e. The molecular weight excluding hydrogens is 254 g/mol. The van der Waals surface area contributed by atoms with Crippen LogP contribution < -0.4 is 16.2 Å². The molecule has 18 heavy (non-hydrogen) atoms. The number of unbranched alkanes of at least 4 members (excludes halogenated alkanes) is 2. The summed E-state index contributed by atoms with van der Waals surface area (Å²) in [5.41, 5.74) is 6.59. The molecule has 0 aliphatic rings. The standard InChI is InChI=1S/C11H19N3O3S/c12-9-6-10(14-4-2-1-3-5-15)8-11(7-9)18(13,16)17/h6-8,14-15H,1-5,12H2,(H2,13,16,17). The number of hydrogen-bond donors (Lipinski definition) is 4. The van der Waals surface area contributed by atoms with Crippen molar-refractivity contribution >= 4 is 21.4 Å². The van der Waals surface area contributed by atoms with E-state index >= 15 is 0 Å². The molecule has 7 heteroatoms. The number of nitrogens with two attached hydrogens (primary N) is 2. The van der Waals surface area contributed by atoms with Gasteiger partial charge in [0.2, 0.25) is 10.0 Å². The van der Waals surface area contributed by atoms with Crippen molar-refractivity contribution in [1.82, 2.24) is 0 Å². The number of anilines is 2. The van der Waals surface area contributed by atoms with Gasteiger partial charge in [-0.3, -0.25) is 0 Å². The molecule has 0 aliphatic carbocycles. The average Bonchev–Trinajstić information content (AvgIpc) is 2.27. The van der Waals surface area contributed by atoms with Gasteiger partial charge in [-0.2, -0.15) is 0 Å². The van der Waals surface area contributed by atoms with Crippen LogP contribution in [-0.2, 0) is 10.0 Å². The van der Waals surface area contributed by atoms with Crippen LogP contribution in [0.25, 0.3) is 0 Å². The fourth-order valence-corrected chi connectivity index (χ4v) is 2.13. The summed E-state index contributed by atoms with van der Waals surface area (Å²) in [5, 5.41) is 16.8. The van der Waals surface area contributed by atoms with Gasteiger partial charge in [-0.1, -0.05) is 0 Å². The minimum absolute atomic E-state index is 0.000332. The molecule has 1 aromatic rings. The van der Waals surface area contributed by atoms with Crippen molar-refractivity contribution < 1.29 is 13.5 Å². The minimum Gasteiger partial charge on any atom is -0.399 e. The summed E-state index contributed by atoms with van der Waals surface area (Å²) in [6.07, 6.45) is 2.56. The number of hydrogen-bond acceptors (Lipinski definition) is 5. The zero-order valence-electron chi connectivity index (χ0n) is 10.1. The Morgan fingerprint density at radius 1 is 1.17 bits per heavy atom. The lowest BCUT2D eigenvalue weighted by atomic mass is 10.2. The van der Waals surface area contributed by atoms with Gasteiger partial charge in [0, 0.05) is 24.5 Å². The summed E-state index contributed by atoms with van der Waals surface area (Å²) < 4.78 is 22.4. The molecule has 0 saturated carbocycles. The quantitative estimate of drug-likeness (QED) is 0.426. The van der Waals surface area contributed by atoms with Gasteiger partial charge in [0.25, 0.3) is 0 Å². The Labute approximate surface area is 107 Å². The summed E-state index contributed by atoms with van der Waals surface area (Å²) in [6.45, 7) is 0.876. The number of benzene rings is 1. The second-order valence-electron chi connectivity index (χ2n) is 4.05. The van der Waals surface area contributed by atoms with Crippen molar-refractivity contribution in [2.75, 3.05) is 24.2 Å². The van der Waals surface area contributed by atoms with Gasteiger partial charge in [0.15, 0.2) is 0 Å². The first-order valence-corrected chi connectivity index (χ1v) is 7.26. The van der Waals surface area contributed by atoms with Gasteiger partial charge >= 0.3 is 0 Å². The lowest BCUT2D eigenvalue weighted by molar-refractivity contribution is 0.283. The molecule has 1 rings (SSSR count). The van der Waals surface area contributed by atoms with Crippen LogP contribution in [-0.4, -0.2) is 26.7 Å². The van der Waals surface area contributed by atoms with E-state index in [4.69, 9.17) is 16.0 Å². The number of rotatable bonds is 7. The fraction of sp³-hybridized carbons (Fsp3) is 0.455. The van der Waals surface area contributed by atoms with Crippen molar-refractivity contribution in [1.29, 1.82) is 0 Å². The summed E-state index contributed by atoms with van der Waals surface area (Å²) in [5.74, 6) is 0. The monoisotopic (exact) mass is 273 g/mol. The first-order valence-electron chi connectivity index (χ1n) is 5.71. The third kappa shape index (κ3) is 4.91. The summed E-state index contributed by atoms with van der Waals surface area (Å²) in [4.78, 5) is 0.000332. The highest BCUT2D eigenvalue weighted by molar-refractivity contribution is 7.89. The molecule has 0 bridgehead atoms. The number of aliphatic hydroxyl groups excluding tert-OH is 1. The van der Waals surface area contributed by atoms with Crippen LogP contribution in [0.3, 0.4) is 0 Å². The zero-order chi connectivity index (χ0) is 13.6. The van der Waals surface area contributed by atoms with Crippen molar-refractivity contribution in [3.05, 3.63) is 18.2 Å². The second kappa shape index (κ2) is 6.58. The number of nitrogens with one attached hydrogen (secondary N) is 1. The fourth-order valence-electron chi connectivity index (χ4n) is 1.53. The van der Waals surface area contributed by atoms with Crippen LogP contribution in [0.4, 0.5) is 11.4 Å². The van der Waals surface area contributed by atoms with Crippen LogP contribution in [0.1, 0.15) is 19.3 Å². The topological polar surface area (TPSA) is 118 Å². The number of primary sulfonamides is 1. The van der Waals surface area contributed by atoms with Crippen LogP contribution in [0.2, 0.25) is 0 Å². The van der Waals surface area contributed by atoms with Gasteiger partial charge in [0.05, 0.1) is 4.90 Å². The van der Waals surface area contributed by atoms with E-state index in [-0.39, 0.29) is 11.5 Å². The Kier molecular flexibility index (Phi) is 5.39. The molecule has 6 N–H and O–H groups in total. The first-order chi connectivity index (χ1) is 8.43. The maximum atomic E-state index is 11.2. The van der Waals surface area contributed by atoms with E-state index in [0.29, 0.717) is 17.9 Å². The predicted octanol–water partition coefficient (Wildman–Crippen LogP) is 0.491. The smallest absolute Gasteiger partial charge is 0.238 e. The average molecular weight is 273 g/mol. The summed E-state index contributed by atoms with van der Waals surface area (Å²) in [6, 6.07) is 4.44. The number of sulfonamides is 1. The summed E-state index contributed by atoms with van der Waals surface area (Å²) >= 11 is 0. The van der Waals surface area contributed by atoms with Crippen LogP contribution >= 0.6 is 0 Å². The lowest BCUT2D eigenvalue weighted by Gasteiger charge is -2.09. The Morgan fingerprint density at radius 3 is 2.50 bits per heavy atom. The zero-order valence-corrected chi connectivity index (χ0v) is 10.9. The minimum atomic E-state index is -3.74. The Morgan fingerprint density at radius 2 is 1.89 bits per heavy atom. The molecule has 1 aromatic carbocycles. The summed E-state index contributed by atoms with van der Waals surface area (Å²) in [7, 11) is -3.74. The van der Waals surface area contributed by atoms with E-state index in [0.717, 1.165) is 19.3 Å². The van der Waals surface area contributed by atoms with E-state index in [2.05, 4.69) is 5.32 Å². The van der Waals surface area contributed by atoms with E-state index in [9.17, 15) is 8.42 Å². The molecule has 0 fully saturated rings. The normalized spacial score (nSPS) is 11.4. The first kappa shape index (κ1) is 14.7. The second-order valence-corrected chi connectivity index (χ2v) is 5.61. The number of nitrogen functional groups attached to an aromatic ring is 1. The molecule has 0 spiro atoms. The van der Waals surface area contributed by atoms with Crippen LogP contribution in [0.15, 0.2) is 23.1 Å².